The molecule has 0 aliphatic carbocycles. The van der Waals surface area contributed by atoms with E-state index >= 15 is 0 Å². The molecule has 0 aromatic carbocycles. The molecule has 2 aromatic rings. The molecule has 2 heterocycles. The maximum atomic E-state index is 12.2. The number of sulfonamides is 1. The van der Waals surface area contributed by atoms with Gasteiger partial charge >= 0.3 is 0 Å². The molecule has 0 aliphatic rings. The fourth-order valence-electron chi connectivity index (χ4n) is 1.88. The van der Waals surface area contributed by atoms with Crippen LogP contribution in [-0.4, -0.2) is 53.0 Å². The van der Waals surface area contributed by atoms with Crippen LogP contribution in [0.3, 0.4) is 0 Å². The number of carbonyl (C=O) groups excluding carboxylic acids is 1. The Balaban J connectivity index is 2.33. The topological polar surface area (TPSA) is 134 Å². The van der Waals surface area contributed by atoms with Crippen LogP contribution in [0.15, 0.2) is 39.7 Å². The highest BCUT2D eigenvalue weighted by molar-refractivity contribution is 7.99. The highest BCUT2D eigenvalue weighted by atomic mass is 32.2. The molecule has 0 aliphatic heterocycles. The Morgan fingerprint density at radius 2 is 2.08 bits per heavy atom. The first-order chi connectivity index (χ1) is 11.7. The summed E-state index contributed by atoms with van der Waals surface area (Å²) in [7, 11) is -0.738. The molecule has 11 heteroatoms. The van der Waals surface area contributed by atoms with Gasteiger partial charge in [0.15, 0.2) is 16.6 Å². The molecule has 2 N–H and O–H groups in total. The van der Waals surface area contributed by atoms with E-state index in [0.29, 0.717) is 10.8 Å². The minimum atomic E-state index is -3.61. The van der Waals surface area contributed by atoms with E-state index < -0.39 is 15.8 Å². The third kappa shape index (κ3) is 3.81. The molecule has 0 fully saturated rings. The van der Waals surface area contributed by atoms with Crippen LogP contribution in [-0.2, 0) is 14.8 Å². The summed E-state index contributed by atoms with van der Waals surface area (Å²) in [6.07, 6.45) is 1.40. The van der Waals surface area contributed by atoms with Crippen LogP contribution in [0.1, 0.15) is 6.92 Å². The van der Waals surface area contributed by atoms with Crippen molar-refractivity contribution in [2.24, 2.45) is 5.73 Å². The standard InChI is InChI=1S/C14H16N6O3S2/c1-9(16)11(6-15)12(21)8-24-14-18-17-13-5-4-10(7-20(13)14)25(22,23)19(2)3/h4-5,7H,8,16H2,1-3H3/b11-9-. The number of nitriles is 1. The van der Waals surface area contributed by atoms with E-state index in [-0.39, 0.29) is 21.9 Å². The Morgan fingerprint density at radius 3 is 2.64 bits per heavy atom. The van der Waals surface area contributed by atoms with Crippen molar-refractivity contribution in [1.29, 1.82) is 5.26 Å². The van der Waals surface area contributed by atoms with Crippen molar-refractivity contribution in [2.45, 2.75) is 17.0 Å². The second-order valence-electron chi connectivity index (χ2n) is 5.24. The van der Waals surface area contributed by atoms with Crippen LogP contribution < -0.4 is 5.73 Å². The van der Waals surface area contributed by atoms with Gasteiger partial charge in [-0.15, -0.1) is 10.2 Å². The fraction of sp³-hybridized carbons (Fsp3) is 0.286. The van der Waals surface area contributed by atoms with Gasteiger partial charge in [-0.25, -0.2) is 12.7 Å². The third-order valence-electron chi connectivity index (χ3n) is 3.24. The average Bonchev–Trinajstić information content (AvgIpc) is 2.95. The van der Waals surface area contributed by atoms with Crippen molar-refractivity contribution < 1.29 is 13.2 Å². The lowest BCUT2D eigenvalue weighted by atomic mass is 10.2. The molecule has 0 spiro atoms. The average molecular weight is 380 g/mol. The van der Waals surface area contributed by atoms with Crippen LogP contribution >= 0.6 is 11.8 Å². The second-order valence-corrected chi connectivity index (χ2v) is 8.34. The number of carbonyl (C=O) groups is 1. The van der Waals surface area contributed by atoms with Gasteiger partial charge in [-0.05, 0) is 19.1 Å². The molecule has 2 aromatic heterocycles. The van der Waals surface area contributed by atoms with Crippen molar-refractivity contribution in [1.82, 2.24) is 18.9 Å². The van der Waals surface area contributed by atoms with Gasteiger partial charge < -0.3 is 5.73 Å². The van der Waals surface area contributed by atoms with Gasteiger partial charge in [-0.3, -0.25) is 9.20 Å². The lowest BCUT2D eigenvalue weighted by molar-refractivity contribution is -0.112. The van der Waals surface area contributed by atoms with Gasteiger partial charge in [0, 0.05) is 26.0 Å². The summed E-state index contributed by atoms with van der Waals surface area (Å²) in [6.45, 7) is 1.48. The molecular weight excluding hydrogens is 364 g/mol. The number of nitrogens with two attached hydrogens (primary N) is 1. The van der Waals surface area contributed by atoms with Crippen LogP contribution in [0.25, 0.3) is 5.65 Å². The minimum Gasteiger partial charge on any atom is -0.401 e. The van der Waals surface area contributed by atoms with E-state index in [2.05, 4.69) is 10.2 Å². The first kappa shape index (κ1) is 18.9. The minimum absolute atomic E-state index is 0.0666. The molecule has 0 unspecified atom stereocenters. The molecule has 2 rings (SSSR count). The number of hydrogen-bond donors (Lipinski definition) is 1. The van der Waals surface area contributed by atoms with Crippen molar-refractivity contribution in [2.75, 3.05) is 19.8 Å². The summed E-state index contributed by atoms with van der Waals surface area (Å²) in [5, 5.41) is 17.2. The number of aromatic nitrogens is 3. The van der Waals surface area contributed by atoms with Crippen LogP contribution in [0, 0.1) is 11.3 Å². The molecule has 9 nitrogen and oxygen atoms in total. The quantitative estimate of drug-likeness (QED) is 0.432. The Bertz CT molecular complexity index is 997. The van der Waals surface area contributed by atoms with E-state index in [4.69, 9.17) is 11.0 Å². The lowest BCUT2D eigenvalue weighted by Gasteiger charge is -2.11. The maximum absolute atomic E-state index is 12.2. The first-order valence-electron chi connectivity index (χ1n) is 6.98. The number of pyridine rings is 1. The number of allylic oxidation sites excluding steroid dienone is 2. The number of nitrogens with zero attached hydrogens (tertiary/aromatic N) is 5. The van der Waals surface area contributed by atoms with Gasteiger partial charge in [0.2, 0.25) is 10.0 Å². The molecule has 0 bridgehead atoms. The summed E-state index contributed by atoms with van der Waals surface area (Å²) in [5.74, 6) is -0.496. The van der Waals surface area contributed by atoms with Gasteiger partial charge in [0.05, 0.1) is 10.6 Å². The highest BCUT2D eigenvalue weighted by Crippen LogP contribution is 2.21. The molecule has 0 saturated carbocycles. The van der Waals surface area contributed by atoms with Gasteiger partial charge in [0.25, 0.3) is 0 Å². The molecule has 25 heavy (non-hydrogen) atoms. The van der Waals surface area contributed by atoms with Crippen LogP contribution in [0.5, 0.6) is 0 Å². The van der Waals surface area contributed by atoms with Crippen molar-refractivity contribution >= 4 is 33.2 Å². The number of rotatable bonds is 6. The Labute approximate surface area is 149 Å². The molecule has 132 valence electrons. The Morgan fingerprint density at radius 1 is 1.40 bits per heavy atom. The number of Topliss-reactive ketones (excluding diaryl/α,β-unsaturated/α-hetero) is 1. The van der Waals surface area contributed by atoms with Gasteiger partial charge in [-0.2, -0.15) is 5.26 Å². The Hall–Kier alpha value is -2.42. The maximum Gasteiger partial charge on any atom is 0.244 e. The highest BCUT2D eigenvalue weighted by Gasteiger charge is 2.20. The molecular formula is C14H16N6O3S2. The smallest absolute Gasteiger partial charge is 0.244 e. The zero-order valence-electron chi connectivity index (χ0n) is 13.8. The van der Waals surface area contributed by atoms with Crippen LogP contribution in [0.2, 0.25) is 0 Å². The third-order valence-corrected chi connectivity index (χ3v) is 5.98. The van der Waals surface area contributed by atoms with Crippen molar-refractivity contribution in [3.63, 3.8) is 0 Å². The number of fused-ring (bicyclic) bond motifs is 1. The van der Waals surface area contributed by atoms with E-state index in [0.717, 1.165) is 16.1 Å². The predicted octanol–water partition coefficient (Wildman–Crippen LogP) is 0.397. The largest absolute Gasteiger partial charge is 0.401 e. The zero-order chi connectivity index (χ0) is 18.8. The predicted molar refractivity (Wildman–Crippen MR) is 92.1 cm³/mol. The van der Waals surface area contributed by atoms with Crippen molar-refractivity contribution in [3.8, 4) is 6.07 Å². The monoisotopic (exact) mass is 380 g/mol. The summed E-state index contributed by atoms with van der Waals surface area (Å²) in [4.78, 5) is 12.1. The second kappa shape index (κ2) is 7.22. The van der Waals surface area contributed by atoms with E-state index in [1.54, 1.807) is 6.07 Å². The SMILES string of the molecule is C/C(N)=C(\C#N)C(=O)CSc1nnc2ccc(S(=O)(=O)N(C)C)cn12. The van der Waals surface area contributed by atoms with Crippen LogP contribution in [0.4, 0.5) is 0 Å². The normalized spacial score (nSPS) is 12.9. The summed E-state index contributed by atoms with van der Waals surface area (Å²) in [5.41, 5.74) is 6.00. The molecule has 0 amide bonds. The number of ketones is 1. The number of thioether (sulfide) groups is 1. The van der Waals surface area contributed by atoms with Gasteiger partial charge in [0.1, 0.15) is 11.6 Å². The van der Waals surface area contributed by atoms with Gasteiger partial charge in [-0.1, -0.05) is 11.8 Å². The lowest BCUT2D eigenvalue weighted by Crippen LogP contribution is -2.22. The zero-order valence-corrected chi connectivity index (χ0v) is 15.4. The summed E-state index contributed by atoms with van der Waals surface area (Å²) in [6, 6.07) is 4.74. The molecule has 0 radical (unpaired) electrons. The summed E-state index contributed by atoms with van der Waals surface area (Å²) < 4.78 is 27.1. The molecule has 0 saturated heterocycles. The molecule has 0 atom stereocenters. The van der Waals surface area contributed by atoms with E-state index in [1.807, 2.05) is 0 Å². The first-order valence-corrected chi connectivity index (χ1v) is 9.40. The fourth-order valence-corrected chi connectivity index (χ4v) is 3.57. The number of hydrogen-bond acceptors (Lipinski definition) is 8. The summed E-state index contributed by atoms with van der Waals surface area (Å²) >= 11 is 1.04. The Kier molecular flexibility index (Phi) is 5.46. The van der Waals surface area contributed by atoms with E-state index in [1.165, 1.54) is 43.7 Å². The van der Waals surface area contributed by atoms with E-state index in [9.17, 15) is 13.2 Å². The van der Waals surface area contributed by atoms with Crippen molar-refractivity contribution in [3.05, 3.63) is 29.6 Å².